The first kappa shape index (κ1) is 16.7. The Morgan fingerprint density at radius 2 is 1.00 bits per heavy atom. The zero-order valence-corrected chi connectivity index (χ0v) is 13.7. The lowest BCUT2D eigenvalue weighted by Gasteiger charge is -2.17. The zero-order valence-electron chi connectivity index (χ0n) is 10.4. The second-order valence-electron chi connectivity index (χ2n) is 4.08. The van der Waals surface area contributed by atoms with Gasteiger partial charge in [0.1, 0.15) is 0 Å². The topological polar surface area (TPSA) is 83.8 Å². The monoisotopic (exact) mass is 366 g/mol. The molecule has 0 aromatic heterocycles. The molecule has 0 aliphatic heterocycles. The van der Waals surface area contributed by atoms with E-state index in [9.17, 15) is 18.9 Å². The van der Waals surface area contributed by atoms with Crippen molar-refractivity contribution in [1.29, 1.82) is 0 Å². The first-order valence-electron chi connectivity index (χ1n) is 5.60. The van der Waals surface area contributed by atoms with E-state index in [1.54, 1.807) is 0 Å². The standard InChI is InChI=1S/C12H10Cl2O5P2/c13-9-1-5-11(6-2-9)20(15,16)19-21(17,18)12-7-3-10(14)4-8-12/h1-8H,(H,15,16)(H,17,18). The Hall–Kier alpha value is -0.640. The SMILES string of the molecule is O=P(O)(OP(=O)(O)c1ccc(Cl)cc1)c1ccc(Cl)cc1. The predicted octanol–water partition coefficient (Wildman–Crippen LogP) is 3.33. The molecule has 0 saturated carbocycles. The van der Waals surface area contributed by atoms with E-state index in [-0.39, 0.29) is 10.6 Å². The van der Waals surface area contributed by atoms with Crippen LogP contribution in [0.3, 0.4) is 0 Å². The largest absolute Gasteiger partial charge is 0.366 e. The molecule has 21 heavy (non-hydrogen) atoms. The summed E-state index contributed by atoms with van der Waals surface area (Å²) in [4.78, 5) is 19.7. The van der Waals surface area contributed by atoms with Gasteiger partial charge in [-0.15, -0.1) is 0 Å². The van der Waals surface area contributed by atoms with Crippen molar-refractivity contribution >= 4 is 49.0 Å². The van der Waals surface area contributed by atoms with Crippen LogP contribution in [-0.4, -0.2) is 9.79 Å². The van der Waals surface area contributed by atoms with E-state index in [0.29, 0.717) is 10.0 Å². The van der Waals surface area contributed by atoms with Gasteiger partial charge in [-0.2, -0.15) is 0 Å². The molecule has 112 valence electrons. The van der Waals surface area contributed by atoms with Gasteiger partial charge in [-0.25, -0.2) is 4.31 Å². The fraction of sp³-hybridized carbons (Fsp3) is 0. The minimum atomic E-state index is -4.47. The van der Waals surface area contributed by atoms with Crippen molar-refractivity contribution in [2.24, 2.45) is 0 Å². The van der Waals surface area contributed by atoms with Gasteiger partial charge in [-0.05, 0) is 48.5 Å². The van der Waals surface area contributed by atoms with Gasteiger partial charge in [0.2, 0.25) is 0 Å². The average Bonchev–Trinajstić information content (AvgIpc) is 2.38. The Morgan fingerprint density at radius 3 is 1.29 bits per heavy atom. The molecule has 2 aromatic carbocycles. The maximum Gasteiger partial charge on any atom is 0.366 e. The van der Waals surface area contributed by atoms with Gasteiger partial charge in [0.15, 0.2) is 0 Å². The fourth-order valence-electron chi connectivity index (χ4n) is 1.50. The van der Waals surface area contributed by atoms with Crippen molar-refractivity contribution in [3.63, 3.8) is 0 Å². The summed E-state index contributed by atoms with van der Waals surface area (Å²) in [5.74, 6) is 0. The van der Waals surface area contributed by atoms with Crippen LogP contribution in [0, 0.1) is 0 Å². The summed E-state index contributed by atoms with van der Waals surface area (Å²) < 4.78 is 28.8. The van der Waals surface area contributed by atoms with Crippen molar-refractivity contribution < 1.29 is 23.2 Å². The van der Waals surface area contributed by atoms with Crippen LogP contribution in [0.5, 0.6) is 0 Å². The minimum absolute atomic E-state index is 0.130. The Labute approximate surface area is 131 Å². The third-order valence-corrected chi connectivity index (χ3v) is 6.70. The lowest BCUT2D eigenvalue weighted by molar-refractivity contribution is 0.349. The van der Waals surface area contributed by atoms with Gasteiger partial charge in [0, 0.05) is 10.0 Å². The Kier molecular flexibility index (Phi) is 4.96. The van der Waals surface area contributed by atoms with Crippen molar-refractivity contribution in [3.8, 4) is 0 Å². The number of hydrogen-bond acceptors (Lipinski definition) is 3. The van der Waals surface area contributed by atoms with E-state index in [4.69, 9.17) is 23.2 Å². The van der Waals surface area contributed by atoms with Gasteiger partial charge in [0.25, 0.3) is 0 Å². The number of hydrogen-bond donors (Lipinski definition) is 2. The Bertz CT molecular complexity index is 667. The van der Waals surface area contributed by atoms with E-state index in [1.807, 2.05) is 0 Å². The molecule has 0 fully saturated rings. The van der Waals surface area contributed by atoms with E-state index in [2.05, 4.69) is 4.31 Å². The van der Waals surface area contributed by atoms with Gasteiger partial charge < -0.3 is 9.79 Å². The highest BCUT2D eigenvalue weighted by atomic mass is 35.5. The highest BCUT2D eigenvalue weighted by Gasteiger charge is 2.35. The second kappa shape index (κ2) is 6.23. The van der Waals surface area contributed by atoms with E-state index < -0.39 is 15.2 Å². The van der Waals surface area contributed by atoms with Crippen LogP contribution in [0.25, 0.3) is 0 Å². The lowest BCUT2D eigenvalue weighted by atomic mass is 10.4. The van der Waals surface area contributed by atoms with Crippen molar-refractivity contribution in [3.05, 3.63) is 58.6 Å². The first-order chi connectivity index (χ1) is 9.71. The molecule has 2 aromatic rings. The normalized spacial score (nSPS) is 17.0. The summed E-state index contributed by atoms with van der Waals surface area (Å²) >= 11 is 11.4. The van der Waals surface area contributed by atoms with Crippen LogP contribution in [0.4, 0.5) is 0 Å². The van der Waals surface area contributed by atoms with Crippen LogP contribution < -0.4 is 10.6 Å². The number of rotatable bonds is 4. The molecule has 2 N–H and O–H groups in total. The lowest BCUT2D eigenvalue weighted by Crippen LogP contribution is -2.11. The maximum atomic E-state index is 12.1. The second-order valence-corrected chi connectivity index (χ2v) is 8.72. The highest BCUT2D eigenvalue weighted by Crippen LogP contribution is 2.57. The van der Waals surface area contributed by atoms with Crippen LogP contribution in [-0.2, 0) is 13.4 Å². The Balaban J connectivity index is 2.30. The predicted molar refractivity (Wildman–Crippen MR) is 82.9 cm³/mol. The van der Waals surface area contributed by atoms with E-state index >= 15 is 0 Å². The molecule has 0 amide bonds. The third-order valence-electron chi connectivity index (χ3n) is 2.53. The zero-order chi connectivity index (χ0) is 15.7. The molecule has 0 heterocycles. The molecule has 5 nitrogen and oxygen atoms in total. The summed E-state index contributed by atoms with van der Waals surface area (Å²) in [6, 6.07) is 10.6. The molecule has 0 radical (unpaired) electrons. The van der Waals surface area contributed by atoms with Gasteiger partial charge in [-0.3, -0.25) is 9.13 Å². The van der Waals surface area contributed by atoms with Crippen LogP contribution >= 0.6 is 38.4 Å². The molecule has 2 unspecified atom stereocenters. The van der Waals surface area contributed by atoms with Crippen LogP contribution in [0.15, 0.2) is 48.5 Å². The van der Waals surface area contributed by atoms with Crippen molar-refractivity contribution in [2.45, 2.75) is 0 Å². The molecule has 9 heteroatoms. The van der Waals surface area contributed by atoms with Gasteiger partial charge >= 0.3 is 15.2 Å². The van der Waals surface area contributed by atoms with Crippen LogP contribution in [0.1, 0.15) is 0 Å². The molecule has 0 bridgehead atoms. The summed E-state index contributed by atoms with van der Waals surface area (Å²) in [6.07, 6.45) is 0. The summed E-state index contributed by atoms with van der Waals surface area (Å²) in [5.41, 5.74) is 0. The molecule has 0 spiro atoms. The minimum Gasteiger partial charge on any atom is -0.321 e. The van der Waals surface area contributed by atoms with Gasteiger partial charge in [0.05, 0.1) is 10.6 Å². The molecule has 2 atom stereocenters. The number of halogens is 2. The van der Waals surface area contributed by atoms with E-state index in [1.165, 1.54) is 48.5 Å². The maximum absolute atomic E-state index is 12.1. The van der Waals surface area contributed by atoms with E-state index in [0.717, 1.165) is 0 Å². The molecule has 0 aliphatic carbocycles. The Morgan fingerprint density at radius 1 is 0.714 bits per heavy atom. The molecule has 0 aliphatic rings. The van der Waals surface area contributed by atoms with Crippen molar-refractivity contribution in [2.75, 3.05) is 0 Å². The first-order valence-corrected chi connectivity index (χ1v) is 9.51. The summed E-state index contributed by atoms with van der Waals surface area (Å²) in [5, 5.41) is 0.470. The third kappa shape index (κ3) is 4.18. The summed E-state index contributed by atoms with van der Waals surface area (Å²) in [7, 11) is -8.94. The van der Waals surface area contributed by atoms with Crippen LogP contribution in [0.2, 0.25) is 10.0 Å². The molecule has 2 rings (SSSR count). The smallest absolute Gasteiger partial charge is 0.321 e. The number of benzene rings is 2. The van der Waals surface area contributed by atoms with Crippen molar-refractivity contribution in [1.82, 2.24) is 0 Å². The summed E-state index contributed by atoms with van der Waals surface area (Å²) in [6.45, 7) is 0. The highest BCUT2D eigenvalue weighted by molar-refractivity contribution is 7.74. The molecule has 0 saturated heterocycles. The quantitative estimate of drug-likeness (QED) is 0.810. The fourth-order valence-corrected chi connectivity index (χ4v) is 4.76. The molecular weight excluding hydrogens is 357 g/mol. The van der Waals surface area contributed by atoms with Gasteiger partial charge in [-0.1, -0.05) is 23.2 Å². The molecular formula is C12H10Cl2O5P2. The average molecular weight is 367 g/mol.